The van der Waals surface area contributed by atoms with Crippen molar-refractivity contribution in [2.45, 2.75) is 77.3 Å². The molecule has 3 rings (SSSR count). The lowest BCUT2D eigenvalue weighted by atomic mass is 9.57. The van der Waals surface area contributed by atoms with E-state index in [9.17, 15) is 4.79 Å². The van der Waals surface area contributed by atoms with Crippen LogP contribution in [0, 0.1) is 11.3 Å². The molecule has 0 bridgehead atoms. The van der Waals surface area contributed by atoms with E-state index in [0.29, 0.717) is 19.4 Å². The zero-order valence-electron chi connectivity index (χ0n) is 17.6. The molecule has 0 N–H and O–H groups in total. The molecule has 2 aliphatic heterocycles. The Labute approximate surface area is 163 Å². The lowest BCUT2D eigenvalue weighted by Gasteiger charge is -2.50. The first-order valence-electron chi connectivity index (χ1n) is 9.96. The first-order valence-corrected chi connectivity index (χ1v) is 9.96. The zero-order chi connectivity index (χ0) is 19.9. The molecule has 5 heteroatoms. The van der Waals surface area contributed by atoms with Gasteiger partial charge in [-0.2, -0.15) is 0 Å². The minimum atomic E-state index is -0.698. The molecule has 2 saturated heterocycles. The maximum Gasteiger partial charge on any atom is 0.305 e. The van der Waals surface area contributed by atoms with Crippen LogP contribution >= 0.6 is 0 Å². The molecule has 0 aromatic carbocycles. The zero-order valence-corrected chi connectivity index (χ0v) is 17.6. The van der Waals surface area contributed by atoms with Gasteiger partial charge in [0, 0.05) is 19.4 Å². The maximum atomic E-state index is 12.4. The predicted octanol–water partition coefficient (Wildman–Crippen LogP) is 4.17. The van der Waals surface area contributed by atoms with Crippen molar-refractivity contribution in [3.8, 4) is 0 Å². The van der Waals surface area contributed by atoms with Crippen LogP contribution in [0.2, 0.25) is 0 Å². The van der Waals surface area contributed by atoms with Gasteiger partial charge in [0.25, 0.3) is 0 Å². The van der Waals surface area contributed by atoms with Gasteiger partial charge in [0.05, 0.1) is 26.2 Å². The van der Waals surface area contributed by atoms with Gasteiger partial charge in [-0.1, -0.05) is 24.6 Å². The van der Waals surface area contributed by atoms with E-state index in [0.717, 1.165) is 19.3 Å². The molecule has 0 radical (unpaired) electrons. The fourth-order valence-corrected chi connectivity index (χ4v) is 5.21. The number of carbonyl (C=O) groups is 1. The molecule has 2 fully saturated rings. The van der Waals surface area contributed by atoms with Crippen molar-refractivity contribution in [3.63, 3.8) is 0 Å². The van der Waals surface area contributed by atoms with Crippen LogP contribution in [-0.2, 0) is 23.7 Å². The summed E-state index contributed by atoms with van der Waals surface area (Å²) in [5, 5.41) is 0. The van der Waals surface area contributed by atoms with E-state index in [4.69, 9.17) is 18.9 Å². The third-order valence-corrected chi connectivity index (χ3v) is 6.83. The highest BCUT2D eigenvalue weighted by Crippen LogP contribution is 2.61. The van der Waals surface area contributed by atoms with E-state index >= 15 is 0 Å². The number of methoxy groups -OCH3 is 2. The number of rotatable bonds is 6. The average Bonchev–Trinajstić information content (AvgIpc) is 3.09. The molecule has 0 unspecified atom stereocenters. The minimum absolute atomic E-state index is 0.00696. The van der Waals surface area contributed by atoms with Crippen LogP contribution in [0.4, 0.5) is 0 Å². The molecule has 5 atom stereocenters. The van der Waals surface area contributed by atoms with Crippen molar-refractivity contribution >= 4 is 5.97 Å². The Morgan fingerprint density at radius 1 is 1.33 bits per heavy atom. The standard InChI is InChI=1S/C22H34O5/c1-15(2)8-7-10-20(3)11-9-16-14-26-18-13-21(4,25-6)27-22(16,18)17(20)12-19(23)24-5/h8-9,17-18H,7,10-14H2,1-6H3/t17-,18-,20+,21-,22+/m1/s1. The highest BCUT2D eigenvalue weighted by atomic mass is 16.7. The fraction of sp³-hybridized carbons (Fsp3) is 0.773. The van der Waals surface area contributed by atoms with E-state index < -0.39 is 11.4 Å². The molecule has 0 aromatic rings. The van der Waals surface area contributed by atoms with Gasteiger partial charge >= 0.3 is 5.97 Å². The first kappa shape index (κ1) is 20.6. The molecule has 1 spiro atoms. The van der Waals surface area contributed by atoms with Crippen LogP contribution in [0.5, 0.6) is 0 Å². The molecule has 3 aliphatic rings. The van der Waals surface area contributed by atoms with Crippen LogP contribution in [0.1, 0.15) is 59.8 Å². The van der Waals surface area contributed by atoms with E-state index in [2.05, 4.69) is 32.9 Å². The van der Waals surface area contributed by atoms with Crippen molar-refractivity contribution in [1.82, 2.24) is 0 Å². The molecule has 0 aromatic heterocycles. The Morgan fingerprint density at radius 3 is 2.70 bits per heavy atom. The minimum Gasteiger partial charge on any atom is -0.469 e. The van der Waals surface area contributed by atoms with Crippen LogP contribution in [-0.4, -0.2) is 44.3 Å². The third kappa shape index (κ3) is 3.50. The van der Waals surface area contributed by atoms with Gasteiger partial charge in [0.1, 0.15) is 5.60 Å². The molecule has 27 heavy (non-hydrogen) atoms. The SMILES string of the molecule is COC(=O)C[C@@H]1[C@@](C)(CCC=C(C)C)CC=C2CO[C@@H]3C[C@](C)(OC)O[C@@]213. The van der Waals surface area contributed by atoms with Crippen molar-refractivity contribution in [3.05, 3.63) is 23.3 Å². The number of ether oxygens (including phenoxy) is 4. The number of hydrogen-bond donors (Lipinski definition) is 0. The largest absolute Gasteiger partial charge is 0.469 e. The molecule has 2 heterocycles. The van der Waals surface area contributed by atoms with E-state index in [1.807, 2.05) is 6.92 Å². The Kier molecular flexibility index (Phi) is 5.59. The Hall–Kier alpha value is -1.17. The van der Waals surface area contributed by atoms with Crippen molar-refractivity contribution in [1.29, 1.82) is 0 Å². The maximum absolute atomic E-state index is 12.4. The molecule has 0 saturated carbocycles. The van der Waals surface area contributed by atoms with Gasteiger partial charge in [-0.3, -0.25) is 4.79 Å². The van der Waals surface area contributed by atoms with E-state index in [1.54, 1.807) is 7.11 Å². The Bertz CT molecular complexity index is 649. The summed E-state index contributed by atoms with van der Waals surface area (Å²) < 4.78 is 23.6. The summed E-state index contributed by atoms with van der Waals surface area (Å²) >= 11 is 0. The lowest BCUT2D eigenvalue weighted by Crippen LogP contribution is -2.55. The van der Waals surface area contributed by atoms with Crippen molar-refractivity contribution in [2.24, 2.45) is 11.3 Å². The van der Waals surface area contributed by atoms with Crippen molar-refractivity contribution < 1.29 is 23.7 Å². The predicted molar refractivity (Wildman–Crippen MR) is 103 cm³/mol. The second-order valence-electron chi connectivity index (χ2n) is 8.98. The van der Waals surface area contributed by atoms with Crippen LogP contribution in [0.25, 0.3) is 0 Å². The van der Waals surface area contributed by atoms with Gasteiger partial charge < -0.3 is 18.9 Å². The topological polar surface area (TPSA) is 54.0 Å². The highest BCUT2D eigenvalue weighted by Gasteiger charge is 2.67. The van der Waals surface area contributed by atoms with Crippen LogP contribution < -0.4 is 0 Å². The summed E-state index contributed by atoms with van der Waals surface area (Å²) in [6.07, 6.45) is 8.37. The molecule has 1 aliphatic carbocycles. The molecular weight excluding hydrogens is 344 g/mol. The van der Waals surface area contributed by atoms with Gasteiger partial charge in [0.15, 0.2) is 5.79 Å². The fourth-order valence-electron chi connectivity index (χ4n) is 5.21. The van der Waals surface area contributed by atoms with E-state index in [1.165, 1.54) is 18.3 Å². The number of carbonyl (C=O) groups excluding carboxylic acids is 1. The van der Waals surface area contributed by atoms with E-state index in [-0.39, 0.29) is 23.4 Å². The van der Waals surface area contributed by atoms with Gasteiger partial charge in [-0.15, -0.1) is 0 Å². The van der Waals surface area contributed by atoms with Gasteiger partial charge in [-0.25, -0.2) is 0 Å². The van der Waals surface area contributed by atoms with Crippen LogP contribution in [0.15, 0.2) is 23.3 Å². The summed E-state index contributed by atoms with van der Waals surface area (Å²) in [4.78, 5) is 12.4. The van der Waals surface area contributed by atoms with Crippen LogP contribution in [0.3, 0.4) is 0 Å². The molecular formula is C22H34O5. The summed E-state index contributed by atoms with van der Waals surface area (Å²) in [6.45, 7) is 9.06. The summed E-state index contributed by atoms with van der Waals surface area (Å²) in [7, 11) is 3.13. The third-order valence-electron chi connectivity index (χ3n) is 6.83. The second kappa shape index (κ2) is 7.34. The normalized spacial score (nSPS) is 40.1. The lowest BCUT2D eigenvalue weighted by molar-refractivity contribution is -0.242. The number of esters is 1. The number of hydrogen-bond acceptors (Lipinski definition) is 5. The summed E-state index contributed by atoms with van der Waals surface area (Å²) in [5.74, 6) is -0.895. The molecule has 152 valence electrons. The smallest absolute Gasteiger partial charge is 0.305 e. The van der Waals surface area contributed by atoms with Crippen molar-refractivity contribution in [2.75, 3.05) is 20.8 Å². The first-order chi connectivity index (χ1) is 12.7. The Morgan fingerprint density at radius 2 is 2.07 bits per heavy atom. The monoisotopic (exact) mass is 378 g/mol. The highest BCUT2D eigenvalue weighted by molar-refractivity contribution is 5.70. The number of allylic oxidation sites excluding steroid dienone is 3. The van der Waals surface area contributed by atoms with Gasteiger partial charge in [0.2, 0.25) is 0 Å². The molecule has 0 amide bonds. The quantitative estimate of drug-likeness (QED) is 0.513. The summed E-state index contributed by atoms with van der Waals surface area (Å²) in [5.41, 5.74) is 1.81. The Balaban J connectivity index is 2.00. The molecule has 5 nitrogen and oxygen atoms in total. The average molecular weight is 379 g/mol. The second-order valence-corrected chi connectivity index (χ2v) is 8.98. The summed E-state index contributed by atoms with van der Waals surface area (Å²) in [6, 6.07) is 0. The van der Waals surface area contributed by atoms with Gasteiger partial charge in [-0.05, 0) is 51.0 Å².